The van der Waals surface area contributed by atoms with Gasteiger partial charge in [-0.3, -0.25) is 0 Å². The maximum Gasteiger partial charge on any atom is 0.327 e. The van der Waals surface area contributed by atoms with Crippen LogP contribution in [0.25, 0.3) is 0 Å². The summed E-state index contributed by atoms with van der Waals surface area (Å²) in [6.45, 7) is 6.94. The number of aliphatic carboxylic acids is 1. The smallest absolute Gasteiger partial charge is 0.327 e. The van der Waals surface area contributed by atoms with Crippen LogP contribution < -0.4 is 10.4 Å². The highest BCUT2D eigenvalue weighted by Gasteiger charge is 2.51. The van der Waals surface area contributed by atoms with Gasteiger partial charge in [-0.2, -0.15) is 0 Å². The topological polar surface area (TPSA) is 46.5 Å². The van der Waals surface area contributed by atoms with E-state index in [1.165, 1.54) is 16.4 Å². The fourth-order valence-electron chi connectivity index (χ4n) is 4.87. The molecule has 30 heavy (non-hydrogen) atoms. The zero-order chi connectivity index (χ0) is 21.6. The molecule has 2 aromatic rings. The summed E-state index contributed by atoms with van der Waals surface area (Å²) in [6, 6.07) is 21.6. The van der Waals surface area contributed by atoms with Crippen LogP contribution in [0.15, 0.2) is 72.8 Å². The minimum atomic E-state index is -2.53. The second kappa shape index (κ2) is 9.76. The summed E-state index contributed by atoms with van der Waals surface area (Å²) < 4.78 is 7.27. The molecule has 1 saturated carbocycles. The number of carboxylic acid groups (broad SMARTS) is 1. The van der Waals surface area contributed by atoms with Gasteiger partial charge in [0.05, 0.1) is 0 Å². The lowest BCUT2D eigenvalue weighted by atomic mass is 9.85. The minimum Gasteiger partial charge on any atom is -0.478 e. The monoisotopic (exact) mass is 422 g/mol. The molecule has 0 heterocycles. The average molecular weight is 423 g/mol. The fourth-order valence-corrected chi connectivity index (χ4v) is 9.59. The lowest BCUT2D eigenvalue weighted by Gasteiger charge is -2.46. The van der Waals surface area contributed by atoms with E-state index in [-0.39, 0.29) is 11.1 Å². The molecule has 1 fully saturated rings. The quantitative estimate of drug-likeness (QED) is 0.496. The molecule has 1 aliphatic rings. The number of rotatable bonds is 7. The van der Waals surface area contributed by atoms with Crippen LogP contribution in [0, 0.1) is 5.92 Å². The van der Waals surface area contributed by atoms with E-state index in [0.717, 1.165) is 32.1 Å². The van der Waals surface area contributed by atoms with E-state index < -0.39 is 14.3 Å². The molecule has 0 aliphatic heterocycles. The Labute approximate surface area is 181 Å². The van der Waals surface area contributed by atoms with E-state index in [4.69, 9.17) is 9.53 Å². The number of carboxylic acids is 1. The molecule has 1 N–H and O–H groups in total. The lowest BCUT2D eigenvalue weighted by molar-refractivity contribution is -0.131. The van der Waals surface area contributed by atoms with Crippen molar-refractivity contribution < 1.29 is 14.3 Å². The lowest BCUT2D eigenvalue weighted by Crippen LogP contribution is -2.67. The molecule has 0 aromatic heterocycles. The Balaban J connectivity index is 1.94. The number of benzene rings is 2. The molecule has 0 bridgehead atoms. The van der Waals surface area contributed by atoms with Gasteiger partial charge in [-0.1, -0.05) is 93.9 Å². The van der Waals surface area contributed by atoms with Crippen LogP contribution in [0.2, 0.25) is 5.04 Å². The minimum absolute atomic E-state index is 0.0220. The number of carbonyl (C=O) groups is 1. The highest BCUT2D eigenvalue weighted by Crippen LogP contribution is 2.40. The van der Waals surface area contributed by atoms with Gasteiger partial charge in [0.2, 0.25) is 0 Å². The molecule has 2 atom stereocenters. The molecule has 0 radical (unpaired) electrons. The van der Waals surface area contributed by atoms with Gasteiger partial charge in [-0.15, -0.1) is 0 Å². The maximum absolute atomic E-state index is 10.8. The highest BCUT2D eigenvalue weighted by atomic mass is 28.4. The van der Waals surface area contributed by atoms with E-state index in [1.807, 2.05) is 0 Å². The van der Waals surface area contributed by atoms with Crippen molar-refractivity contribution in [3.05, 3.63) is 72.8 Å². The first-order valence-electron chi connectivity index (χ1n) is 11.0. The normalized spacial score (nSPS) is 20.4. The predicted molar refractivity (Wildman–Crippen MR) is 126 cm³/mol. The Morgan fingerprint density at radius 3 is 2.10 bits per heavy atom. The number of hydrogen-bond donors (Lipinski definition) is 1. The van der Waals surface area contributed by atoms with Gasteiger partial charge in [-0.05, 0) is 47.0 Å². The molecule has 4 heteroatoms. The third kappa shape index (κ3) is 5.11. The van der Waals surface area contributed by atoms with Crippen LogP contribution in [-0.4, -0.2) is 25.5 Å². The SMILES string of the molecule is CC(C)(C)[Si](O[C@H]1CCC[C@@H](CC=CC(=O)O)C1)(c1ccccc1)c1ccccc1. The summed E-state index contributed by atoms with van der Waals surface area (Å²) in [5, 5.41) is 11.5. The summed E-state index contributed by atoms with van der Waals surface area (Å²) in [4.78, 5) is 10.8. The number of hydrogen-bond acceptors (Lipinski definition) is 2. The second-order valence-electron chi connectivity index (χ2n) is 9.41. The van der Waals surface area contributed by atoms with Gasteiger partial charge < -0.3 is 9.53 Å². The van der Waals surface area contributed by atoms with Crippen LogP contribution in [0.1, 0.15) is 52.9 Å². The standard InChI is InChI=1S/C26H34O3Si/c1-26(2,3)30(23-15-6-4-7-16-23,24-17-8-5-9-18-24)29-22-14-10-12-21(20-22)13-11-19-25(27)28/h4-9,11,15-19,21-22H,10,12-14,20H2,1-3H3,(H,27,28)/t21-,22-/m0/s1. The maximum atomic E-state index is 10.8. The summed E-state index contributed by atoms with van der Waals surface area (Å²) in [6.07, 6.45) is 8.43. The van der Waals surface area contributed by atoms with Crippen molar-refractivity contribution in [1.29, 1.82) is 0 Å². The molecule has 2 aromatic carbocycles. The first-order chi connectivity index (χ1) is 14.3. The van der Waals surface area contributed by atoms with Crippen molar-refractivity contribution >= 4 is 24.7 Å². The van der Waals surface area contributed by atoms with Gasteiger partial charge in [0.25, 0.3) is 8.32 Å². The van der Waals surface area contributed by atoms with Crippen LogP contribution in [0.3, 0.4) is 0 Å². The van der Waals surface area contributed by atoms with E-state index in [2.05, 4.69) is 81.4 Å². The zero-order valence-electron chi connectivity index (χ0n) is 18.4. The Morgan fingerprint density at radius 2 is 1.60 bits per heavy atom. The van der Waals surface area contributed by atoms with E-state index in [1.54, 1.807) is 6.08 Å². The molecule has 0 saturated heterocycles. The first-order valence-corrected chi connectivity index (χ1v) is 12.9. The van der Waals surface area contributed by atoms with Crippen molar-refractivity contribution in [2.45, 2.75) is 64.0 Å². The van der Waals surface area contributed by atoms with Gasteiger partial charge in [0.1, 0.15) is 0 Å². The van der Waals surface area contributed by atoms with E-state index in [9.17, 15) is 4.79 Å². The van der Waals surface area contributed by atoms with Crippen molar-refractivity contribution in [3.63, 3.8) is 0 Å². The zero-order valence-corrected chi connectivity index (χ0v) is 19.4. The molecule has 1 aliphatic carbocycles. The van der Waals surface area contributed by atoms with Crippen molar-refractivity contribution in [3.8, 4) is 0 Å². The molecular weight excluding hydrogens is 388 g/mol. The molecule has 3 rings (SSSR count). The fraction of sp³-hybridized carbons (Fsp3) is 0.423. The van der Waals surface area contributed by atoms with Gasteiger partial charge >= 0.3 is 5.97 Å². The van der Waals surface area contributed by atoms with E-state index in [0.29, 0.717) is 5.92 Å². The van der Waals surface area contributed by atoms with Gasteiger partial charge in [0.15, 0.2) is 0 Å². The Kier molecular flexibility index (Phi) is 7.32. The predicted octanol–water partition coefficient (Wildman–Crippen LogP) is 5.15. The molecule has 3 nitrogen and oxygen atoms in total. The second-order valence-corrected chi connectivity index (χ2v) is 13.7. The summed E-state index contributed by atoms with van der Waals surface area (Å²) in [7, 11) is -2.53. The largest absolute Gasteiger partial charge is 0.478 e. The van der Waals surface area contributed by atoms with Crippen molar-refractivity contribution in [2.24, 2.45) is 5.92 Å². The van der Waals surface area contributed by atoms with Crippen molar-refractivity contribution in [1.82, 2.24) is 0 Å². The molecule has 0 amide bonds. The van der Waals surface area contributed by atoms with Crippen LogP contribution in [0.4, 0.5) is 0 Å². The van der Waals surface area contributed by atoms with Crippen LogP contribution >= 0.6 is 0 Å². The Hall–Kier alpha value is -2.17. The average Bonchev–Trinajstić information content (AvgIpc) is 2.72. The summed E-state index contributed by atoms with van der Waals surface area (Å²) in [5.74, 6) is -0.386. The Bertz CT molecular complexity index is 800. The third-order valence-electron chi connectivity index (χ3n) is 6.22. The van der Waals surface area contributed by atoms with Gasteiger partial charge in [0, 0.05) is 12.2 Å². The van der Waals surface area contributed by atoms with E-state index >= 15 is 0 Å². The van der Waals surface area contributed by atoms with Crippen LogP contribution in [0.5, 0.6) is 0 Å². The molecular formula is C26H34O3Si. The molecule has 0 spiro atoms. The Morgan fingerprint density at radius 1 is 1.03 bits per heavy atom. The first kappa shape index (κ1) is 22.5. The summed E-state index contributed by atoms with van der Waals surface area (Å²) >= 11 is 0. The third-order valence-corrected chi connectivity index (χ3v) is 11.3. The molecule has 160 valence electrons. The van der Waals surface area contributed by atoms with Gasteiger partial charge in [-0.25, -0.2) is 4.79 Å². The molecule has 0 unspecified atom stereocenters. The summed E-state index contributed by atoms with van der Waals surface area (Å²) in [5.41, 5.74) is 0. The highest BCUT2D eigenvalue weighted by molar-refractivity contribution is 6.99. The van der Waals surface area contributed by atoms with Crippen LogP contribution in [-0.2, 0) is 9.22 Å². The van der Waals surface area contributed by atoms with Crippen molar-refractivity contribution in [2.75, 3.05) is 0 Å². The number of allylic oxidation sites excluding steroid dienone is 1.